The molecule has 2 heterocycles. The Morgan fingerprint density at radius 3 is 3.12 bits per heavy atom. The van der Waals surface area contributed by atoms with Crippen molar-refractivity contribution in [2.75, 3.05) is 18.9 Å². The zero-order valence-corrected chi connectivity index (χ0v) is 10.2. The van der Waals surface area contributed by atoms with Crippen LogP contribution in [0.3, 0.4) is 0 Å². The Morgan fingerprint density at radius 1 is 1.56 bits per heavy atom. The van der Waals surface area contributed by atoms with E-state index in [2.05, 4.69) is 36.6 Å². The van der Waals surface area contributed by atoms with E-state index < -0.39 is 0 Å². The molecule has 6 nitrogen and oxygen atoms in total. The van der Waals surface area contributed by atoms with Gasteiger partial charge in [-0.3, -0.25) is 4.79 Å². The summed E-state index contributed by atoms with van der Waals surface area (Å²) >= 11 is 3.34. The summed E-state index contributed by atoms with van der Waals surface area (Å²) in [6.07, 6.45) is 1.80. The summed E-state index contributed by atoms with van der Waals surface area (Å²) in [6.45, 7) is 0.161. The quantitative estimate of drug-likeness (QED) is 0.868. The van der Waals surface area contributed by atoms with Gasteiger partial charge in [0.1, 0.15) is 0 Å². The van der Waals surface area contributed by atoms with E-state index in [4.69, 9.17) is 0 Å². The summed E-state index contributed by atoms with van der Waals surface area (Å²) in [5.74, 6) is 0.321. The molecule has 0 saturated heterocycles. The summed E-state index contributed by atoms with van der Waals surface area (Å²) in [7, 11) is 1.58. The van der Waals surface area contributed by atoms with Gasteiger partial charge in [-0.2, -0.15) is 4.98 Å². The lowest BCUT2D eigenvalue weighted by atomic mass is 10.5. The molecule has 0 radical (unpaired) electrons. The molecule has 2 rings (SSSR count). The second-order valence-electron chi connectivity index (χ2n) is 3.11. The van der Waals surface area contributed by atoms with Crippen molar-refractivity contribution in [1.29, 1.82) is 0 Å². The number of likely N-dealkylation sites (N-methyl/N-ethyl adjacent to an activating group) is 1. The van der Waals surface area contributed by atoms with Gasteiger partial charge in [-0.25, -0.2) is 4.52 Å². The molecule has 2 aromatic rings. The molecular formula is C9H10BrN5O. The van der Waals surface area contributed by atoms with Crippen molar-refractivity contribution in [3.05, 3.63) is 22.8 Å². The fraction of sp³-hybridized carbons (Fsp3) is 0.222. The van der Waals surface area contributed by atoms with Gasteiger partial charge in [0.25, 0.3) is 0 Å². The van der Waals surface area contributed by atoms with Gasteiger partial charge in [0.05, 0.1) is 6.54 Å². The highest BCUT2D eigenvalue weighted by molar-refractivity contribution is 9.10. The Bertz CT molecular complexity index is 524. The lowest BCUT2D eigenvalue weighted by Crippen LogP contribution is -2.26. The Labute approximate surface area is 100 Å². The second-order valence-corrected chi connectivity index (χ2v) is 4.03. The van der Waals surface area contributed by atoms with Gasteiger partial charge >= 0.3 is 0 Å². The van der Waals surface area contributed by atoms with Crippen molar-refractivity contribution in [2.45, 2.75) is 0 Å². The zero-order chi connectivity index (χ0) is 11.5. The largest absolute Gasteiger partial charge is 0.358 e. The van der Waals surface area contributed by atoms with Crippen LogP contribution >= 0.6 is 15.9 Å². The van der Waals surface area contributed by atoms with E-state index in [9.17, 15) is 4.79 Å². The van der Waals surface area contributed by atoms with Crippen LogP contribution in [0.5, 0.6) is 0 Å². The number of amides is 1. The minimum atomic E-state index is -0.111. The highest BCUT2D eigenvalue weighted by Crippen LogP contribution is 2.11. The molecule has 7 heteroatoms. The number of aromatic nitrogens is 3. The number of carbonyl (C=O) groups excluding carboxylic acids is 1. The van der Waals surface area contributed by atoms with Crippen LogP contribution in [-0.2, 0) is 4.79 Å². The highest BCUT2D eigenvalue weighted by Gasteiger charge is 2.04. The van der Waals surface area contributed by atoms with Crippen molar-refractivity contribution in [1.82, 2.24) is 19.9 Å². The molecule has 1 amide bonds. The molecule has 0 aromatic carbocycles. The molecule has 2 aromatic heterocycles. The summed E-state index contributed by atoms with van der Waals surface area (Å²) < 4.78 is 2.55. The third kappa shape index (κ3) is 2.30. The van der Waals surface area contributed by atoms with E-state index >= 15 is 0 Å². The van der Waals surface area contributed by atoms with Crippen LogP contribution < -0.4 is 10.6 Å². The fourth-order valence-corrected chi connectivity index (χ4v) is 1.51. The van der Waals surface area contributed by atoms with E-state index in [1.807, 2.05) is 12.1 Å². The second kappa shape index (κ2) is 4.48. The van der Waals surface area contributed by atoms with Crippen LogP contribution in [0, 0.1) is 0 Å². The standard InChI is InChI=1S/C9H10BrN5O/c1-11-8(16)4-12-9-13-7-3-2-6(10)5-15(7)14-9/h2-3,5H,4H2,1H3,(H,11,16)(H,12,14). The molecule has 0 atom stereocenters. The van der Waals surface area contributed by atoms with E-state index in [0.29, 0.717) is 5.95 Å². The van der Waals surface area contributed by atoms with Gasteiger partial charge in [0, 0.05) is 17.7 Å². The number of pyridine rings is 1. The van der Waals surface area contributed by atoms with E-state index in [1.165, 1.54) is 0 Å². The van der Waals surface area contributed by atoms with Gasteiger partial charge in [0.15, 0.2) is 5.65 Å². The number of halogens is 1. The van der Waals surface area contributed by atoms with Gasteiger partial charge in [0.2, 0.25) is 11.9 Å². The van der Waals surface area contributed by atoms with Crippen LogP contribution in [0.15, 0.2) is 22.8 Å². The first-order valence-corrected chi connectivity index (χ1v) is 5.45. The van der Waals surface area contributed by atoms with Crippen LogP contribution in [0.2, 0.25) is 0 Å². The maximum atomic E-state index is 11.0. The molecule has 0 unspecified atom stereocenters. The molecule has 0 aliphatic rings. The molecule has 0 saturated carbocycles. The van der Waals surface area contributed by atoms with Crippen LogP contribution in [0.25, 0.3) is 5.65 Å². The number of hydrogen-bond acceptors (Lipinski definition) is 4. The topological polar surface area (TPSA) is 71.3 Å². The number of anilines is 1. The molecule has 0 aliphatic carbocycles. The normalized spacial score (nSPS) is 10.4. The lowest BCUT2D eigenvalue weighted by Gasteiger charge is -1.98. The summed E-state index contributed by atoms with van der Waals surface area (Å²) in [4.78, 5) is 15.2. The number of rotatable bonds is 3. The minimum absolute atomic E-state index is 0.111. The van der Waals surface area contributed by atoms with Crippen LogP contribution in [0.1, 0.15) is 0 Å². The fourth-order valence-electron chi connectivity index (χ4n) is 1.18. The lowest BCUT2D eigenvalue weighted by molar-refractivity contribution is -0.118. The first kappa shape index (κ1) is 10.9. The van der Waals surface area contributed by atoms with Crippen molar-refractivity contribution in [3.63, 3.8) is 0 Å². The molecule has 0 bridgehead atoms. The van der Waals surface area contributed by atoms with Crippen LogP contribution in [-0.4, -0.2) is 34.1 Å². The first-order chi connectivity index (χ1) is 7.69. The molecule has 2 N–H and O–H groups in total. The maximum Gasteiger partial charge on any atom is 0.243 e. The molecule has 84 valence electrons. The number of fused-ring (bicyclic) bond motifs is 1. The first-order valence-electron chi connectivity index (χ1n) is 4.65. The molecule has 0 spiro atoms. The van der Waals surface area contributed by atoms with Gasteiger partial charge in [-0.05, 0) is 28.1 Å². The summed E-state index contributed by atoms with van der Waals surface area (Å²) in [6, 6.07) is 3.72. The summed E-state index contributed by atoms with van der Waals surface area (Å²) in [5, 5.41) is 9.50. The Kier molecular flexibility index (Phi) is 3.04. The van der Waals surface area contributed by atoms with Gasteiger partial charge in [-0.15, -0.1) is 5.10 Å². The predicted molar refractivity (Wildman–Crippen MR) is 63.2 cm³/mol. The highest BCUT2D eigenvalue weighted by atomic mass is 79.9. The zero-order valence-electron chi connectivity index (χ0n) is 8.57. The molecular weight excluding hydrogens is 274 g/mol. The Morgan fingerprint density at radius 2 is 2.38 bits per heavy atom. The minimum Gasteiger partial charge on any atom is -0.358 e. The monoisotopic (exact) mass is 283 g/mol. The van der Waals surface area contributed by atoms with Crippen molar-refractivity contribution in [2.24, 2.45) is 0 Å². The smallest absolute Gasteiger partial charge is 0.243 e. The molecule has 16 heavy (non-hydrogen) atoms. The number of carbonyl (C=O) groups is 1. The third-order valence-electron chi connectivity index (χ3n) is 1.98. The molecule has 0 aliphatic heterocycles. The SMILES string of the molecule is CNC(=O)CNc1nc2ccc(Br)cn2n1. The number of nitrogens with one attached hydrogen (secondary N) is 2. The van der Waals surface area contributed by atoms with Crippen molar-refractivity contribution >= 4 is 33.4 Å². The molecule has 0 fully saturated rings. The van der Waals surface area contributed by atoms with E-state index in [1.54, 1.807) is 17.8 Å². The van der Waals surface area contributed by atoms with E-state index in [0.717, 1.165) is 10.1 Å². The Hall–Kier alpha value is -1.63. The number of nitrogens with zero attached hydrogens (tertiary/aromatic N) is 3. The average molecular weight is 284 g/mol. The maximum absolute atomic E-state index is 11.0. The predicted octanol–water partition coefficient (Wildman–Crippen LogP) is 0.650. The van der Waals surface area contributed by atoms with Gasteiger partial charge < -0.3 is 10.6 Å². The Balaban J connectivity index is 2.16. The van der Waals surface area contributed by atoms with E-state index in [-0.39, 0.29) is 12.5 Å². The third-order valence-corrected chi connectivity index (χ3v) is 2.45. The average Bonchev–Trinajstić information content (AvgIpc) is 2.67. The van der Waals surface area contributed by atoms with Gasteiger partial charge in [-0.1, -0.05) is 0 Å². The number of hydrogen-bond donors (Lipinski definition) is 2. The van der Waals surface area contributed by atoms with Crippen molar-refractivity contribution in [3.8, 4) is 0 Å². The van der Waals surface area contributed by atoms with Crippen LogP contribution in [0.4, 0.5) is 5.95 Å². The van der Waals surface area contributed by atoms with Crippen molar-refractivity contribution < 1.29 is 4.79 Å². The summed E-state index contributed by atoms with van der Waals surface area (Å²) in [5.41, 5.74) is 0.725.